The highest BCUT2D eigenvalue weighted by atomic mass is 32.1. The van der Waals surface area contributed by atoms with E-state index in [9.17, 15) is 4.79 Å². The van der Waals surface area contributed by atoms with E-state index in [0.29, 0.717) is 18.7 Å². The second kappa shape index (κ2) is 13.0. The number of nitrogens with one attached hydrogen (secondary N) is 3. The highest BCUT2D eigenvalue weighted by Gasteiger charge is 2.06. The van der Waals surface area contributed by atoms with Crippen molar-refractivity contribution in [2.24, 2.45) is 4.99 Å². The minimum Gasteiger partial charge on any atom is -0.357 e. The maximum absolute atomic E-state index is 12.3. The van der Waals surface area contributed by atoms with Gasteiger partial charge in [-0.15, -0.1) is 11.3 Å². The van der Waals surface area contributed by atoms with Crippen molar-refractivity contribution in [3.63, 3.8) is 0 Å². The van der Waals surface area contributed by atoms with E-state index >= 15 is 0 Å². The molecule has 164 valence electrons. The summed E-state index contributed by atoms with van der Waals surface area (Å²) in [7, 11) is 3.97. The van der Waals surface area contributed by atoms with Crippen LogP contribution < -0.4 is 16.0 Å². The monoisotopic (exact) mass is 430 g/mol. The standard InChI is InChI=1S/C22H34N6OS/c1-5-19-16-26-20(30-19)10-11-25-22(23-6-2)27-15-17-8-7-9-18(14-17)21(29)24-12-13-28(3)4/h7-9,14,16H,5-6,10-13,15H2,1-4H3,(H,24,29)(H2,23,25,27). The lowest BCUT2D eigenvalue weighted by Gasteiger charge is -2.12. The van der Waals surface area contributed by atoms with Gasteiger partial charge in [-0.05, 0) is 45.1 Å². The van der Waals surface area contributed by atoms with Gasteiger partial charge in [-0.3, -0.25) is 4.79 Å². The van der Waals surface area contributed by atoms with E-state index < -0.39 is 0 Å². The Kier molecular flexibility index (Phi) is 10.3. The van der Waals surface area contributed by atoms with Gasteiger partial charge in [-0.2, -0.15) is 0 Å². The summed E-state index contributed by atoms with van der Waals surface area (Å²) in [5.74, 6) is 0.716. The fourth-order valence-corrected chi connectivity index (χ4v) is 3.59. The van der Waals surface area contributed by atoms with E-state index in [0.717, 1.165) is 49.0 Å². The van der Waals surface area contributed by atoms with Crippen LogP contribution in [0.1, 0.15) is 39.7 Å². The number of carbonyl (C=O) groups is 1. The molecule has 0 saturated carbocycles. The minimum atomic E-state index is -0.0531. The third-order valence-corrected chi connectivity index (χ3v) is 5.58. The van der Waals surface area contributed by atoms with Gasteiger partial charge in [0.25, 0.3) is 5.91 Å². The van der Waals surface area contributed by atoms with Gasteiger partial charge >= 0.3 is 0 Å². The third-order valence-electron chi connectivity index (χ3n) is 4.38. The summed E-state index contributed by atoms with van der Waals surface area (Å²) in [4.78, 5) is 24.8. The molecule has 0 spiro atoms. The molecule has 0 radical (unpaired) electrons. The second-order valence-electron chi connectivity index (χ2n) is 7.21. The van der Waals surface area contributed by atoms with Gasteiger partial charge in [0.1, 0.15) is 0 Å². The summed E-state index contributed by atoms with van der Waals surface area (Å²) in [6, 6.07) is 7.63. The number of benzene rings is 1. The highest BCUT2D eigenvalue weighted by molar-refractivity contribution is 7.11. The van der Waals surface area contributed by atoms with Crippen LogP contribution in [0.25, 0.3) is 0 Å². The van der Waals surface area contributed by atoms with Crippen LogP contribution in [0.3, 0.4) is 0 Å². The topological polar surface area (TPSA) is 81.7 Å². The molecule has 0 aliphatic rings. The summed E-state index contributed by atoms with van der Waals surface area (Å²) >= 11 is 1.77. The second-order valence-corrected chi connectivity index (χ2v) is 8.41. The Morgan fingerprint density at radius 1 is 1.17 bits per heavy atom. The lowest BCUT2D eigenvalue weighted by molar-refractivity contribution is 0.0951. The fraction of sp³-hybridized carbons (Fsp3) is 0.500. The molecule has 30 heavy (non-hydrogen) atoms. The first kappa shape index (κ1) is 23.8. The first-order chi connectivity index (χ1) is 14.5. The zero-order valence-corrected chi connectivity index (χ0v) is 19.3. The van der Waals surface area contributed by atoms with E-state index in [4.69, 9.17) is 0 Å². The van der Waals surface area contributed by atoms with E-state index in [1.807, 2.05) is 56.4 Å². The van der Waals surface area contributed by atoms with E-state index in [1.165, 1.54) is 4.88 Å². The zero-order valence-electron chi connectivity index (χ0n) is 18.5. The van der Waals surface area contributed by atoms with Gasteiger partial charge in [-0.1, -0.05) is 19.1 Å². The highest BCUT2D eigenvalue weighted by Crippen LogP contribution is 2.13. The molecule has 2 rings (SSSR count). The number of aromatic nitrogens is 1. The predicted molar refractivity (Wildman–Crippen MR) is 125 cm³/mol. The van der Waals surface area contributed by atoms with Crippen molar-refractivity contribution in [1.82, 2.24) is 25.8 Å². The van der Waals surface area contributed by atoms with Gasteiger partial charge < -0.3 is 20.9 Å². The summed E-state index contributed by atoms with van der Waals surface area (Å²) in [6.45, 7) is 7.70. The number of rotatable bonds is 11. The van der Waals surface area contributed by atoms with E-state index in [-0.39, 0.29) is 5.91 Å². The lowest BCUT2D eigenvalue weighted by Crippen LogP contribution is -2.38. The SMILES string of the molecule is CCNC(=NCc1cccc(C(=O)NCCN(C)C)c1)NCCc1ncc(CC)s1. The number of amides is 1. The van der Waals surface area contributed by atoms with Crippen LogP contribution in [0.5, 0.6) is 0 Å². The molecule has 2 aromatic rings. The molecule has 7 nitrogen and oxygen atoms in total. The van der Waals surface area contributed by atoms with Crippen LogP contribution >= 0.6 is 11.3 Å². The zero-order chi connectivity index (χ0) is 21.8. The maximum atomic E-state index is 12.3. The Labute approximate surface area is 184 Å². The van der Waals surface area contributed by atoms with Crippen LogP contribution in [-0.4, -0.2) is 62.0 Å². The molecule has 3 N–H and O–H groups in total. The van der Waals surface area contributed by atoms with Gasteiger partial charge in [0.15, 0.2) is 5.96 Å². The Morgan fingerprint density at radius 2 is 2.00 bits per heavy atom. The Bertz CT molecular complexity index is 817. The molecule has 0 saturated heterocycles. The van der Waals surface area contributed by atoms with Crippen molar-refractivity contribution in [2.45, 2.75) is 33.2 Å². The number of nitrogens with zero attached hydrogens (tertiary/aromatic N) is 3. The molecule has 0 fully saturated rings. The Morgan fingerprint density at radius 3 is 2.70 bits per heavy atom. The number of aryl methyl sites for hydroxylation is 1. The van der Waals surface area contributed by atoms with Crippen LogP contribution in [0, 0.1) is 0 Å². The first-order valence-corrected chi connectivity index (χ1v) is 11.3. The molecule has 0 aliphatic carbocycles. The van der Waals surface area contributed by atoms with Gasteiger partial charge in [0, 0.05) is 49.2 Å². The number of hydrogen-bond acceptors (Lipinski definition) is 5. The number of thiazole rings is 1. The van der Waals surface area contributed by atoms with Crippen LogP contribution in [0.2, 0.25) is 0 Å². The number of hydrogen-bond donors (Lipinski definition) is 3. The Hall–Kier alpha value is -2.45. The maximum Gasteiger partial charge on any atom is 0.251 e. The van der Waals surface area contributed by atoms with Crippen molar-refractivity contribution in [2.75, 3.05) is 40.3 Å². The van der Waals surface area contributed by atoms with Crippen molar-refractivity contribution in [3.8, 4) is 0 Å². The average molecular weight is 431 g/mol. The van der Waals surface area contributed by atoms with Gasteiger partial charge in [0.2, 0.25) is 0 Å². The molecule has 8 heteroatoms. The van der Waals surface area contributed by atoms with Crippen molar-refractivity contribution < 1.29 is 4.79 Å². The largest absolute Gasteiger partial charge is 0.357 e. The van der Waals surface area contributed by atoms with Crippen molar-refractivity contribution >= 4 is 23.2 Å². The molecule has 0 unspecified atom stereocenters. The molecular weight excluding hydrogens is 396 g/mol. The first-order valence-electron chi connectivity index (χ1n) is 10.5. The van der Waals surface area contributed by atoms with E-state index in [1.54, 1.807) is 11.3 Å². The molecule has 1 heterocycles. The molecule has 1 amide bonds. The average Bonchev–Trinajstić information content (AvgIpc) is 3.20. The summed E-state index contributed by atoms with van der Waals surface area (Å²) in [5, 5.41) is 10.7. The fourth-order valence-electron chi connectivity index (χ4n) is 2.73. The number of likely N-dealkylation sites (N-methyl/N-ethyl adjacent to an activating group) is 1. The molecule has 0 aliphatic heterocycles. The number of carbonyl (C=O) groups excluding carboxylic acids is 1. The molecular formula is C22H34N6OS. The van der Waals surface area contributed by atoms with Gasteiger partial charge in [-0.25, -0.2) is 9.98 Å². The van der Waals surface area contributed by atoms with Crippen molar-refractivity contribution in [3.05, 3.63) is 51.5 Å². The quantitative estimate of drug-likeness (QED) is 0.376. The van der Waals surface area contributed by atoms with Gasteiger partial charge in [0.05, 0.1) is 11.6 Å². The number of guanidine groups is 1. The smallest absolute Gasteiger partial charge is 0.251 e. The minimum absolute atomic E-state index is 0.0531. The van der Waals surface area contributed by atoms with Crippen LogP contribution in [-0.2, 0) is 19.4 Å². The third kappa shape index (κ3) is 8.51. The normalized spacial score (nSPS) is 11.6. The van der Waals surface area contributed by atoms with Crippen molar-refractivity contribution in [1.29, 1.82) is 0 Å². The molecule has 0 bridgehead atoms. The molecule has 1 aromatic carbocycles. The summed E-state index contributed by atoms with van der Waals surface area (Å²) in [6.07, 6.45) is 3.86. The molecule has 1 aromatic heterocycles. The molecule has 0 atom stereocenters. The summed E-state index contributed by atoms with van der Waals surface area (Å²) < 4.78 is 0. The number of aliphatic imine (C=N–C) groups is 1. The predicted octanol–water partition coefficient (Wildman–Crippen LogP) is 2.29. The van der Waals surface area contributed by atoms with Crippen LogP contribution in [0.15, 0.2) is 35.5 Å². The lowest BCUT2D eigenvalue weighted by atomic mass is 10.1. The van der Waals surface area contributed by atoms with E-state index in [2.05, 4.69) is 32.9 Å². The summed E-state index contributed by atoms with van der Waals surface area (Å²) in [5.41, 5.74) is 1.66. The van der Waals surface area contributed by atoms with Crippen LogP contribution in [0.4, 0.5) is 0 Å². The Balaban J connectivity index is 1.89.